The molecular formula is C15H17BrN2O2S. The maximum atomic E-state index is 12.3. The minimum atomic E-state index is -0.547. The second kappa shape index (κ2) is 4.81. The second-order valence-electron chi connectivity index (χ2n) is 6.63. The van der Waals surface area contributed by atoms with Crippen LogP contribution in [0.25, 0.3) is 0 Å². The molecule has 0 bridgehead atoms. The number of carbonyl (C=O) groups is 2. The number of thiophene rings is 1. The maximum Gasteiger partial charge on any atom is 0.247 e. The lowest BCUT2D eigenvalue weighted by Gasteiger charge is -2.56. The molecule has 0 radical (unpaired) electrons. The van der Waals surface area contributed by atoms with E-state index in [-0.39, 0.29) is 17.9 Å². The van der Waals surface area contributed by atoms with Crippen LogP contribution in [0, 0.1) is 11.3 Å². The minimum absolute atomic E-state index is 0.0268. The van der Waals surface area contributed by atoms with E-state index >= 15 is 0 Å². The molecule has 2 unspecified atom stereocenters. The molecule has 2 saturated carbocycles. The van der Waals surface area contributed by atoms with E-state index in [9.17, 15) is 9.59 Å². The van der Waals surface area contributed by atoms with E-state index in [4.69, 9.17) is 0 Å². The van der Waals surface area contributed by atoms with E-state index < -0.39 is 6.04 Å². The standard InChI is InChI=1S/C15H17BrN2O2S/c16-10-4-8(7-21-10)11-13(19)18-12(14(20)17-11)9-5-15(6-9)2-1-3-15/h4,7,9,11-12H,1-3,5-6H2,(H,17,20)(H,18,19). The first-order chi connectivity index (χ1) is 10.1. The van der Waals surface area contributed by atoms with Gasteiger partial charge in [-0.3, -0.25) is 9.59 Å². The van der Waals surface area contributed by atoms with E-state index in [2.05, 4.69) is 26.6 Å². The first-order valence-corrected chi connectivity index (χ1v) is 9.08. The predicted octanol–water partition coefficient (Wildman–Crippen LogP) is 2.75. The van der Waals surface area contributed by atoms with Gasteiger partial charge in [0.15, 0.2) is 0 Å². The molecule has 2 aliphatic carbocycles. The van der Waals surface area contributed by atoms with Gasteiger partial charge < -0.3 is 10.6 Å². The molecule has 1 aromatic heterocycles. The minimum Gasteiger partial charge on any atom is -0.342 e. The largest absolute Gasteiger partial charge is 0.342 e. The van der Waals surface area contributed by atoms with Crippen molar-refractivity contribution in [2.75, 3.05) is 0 Å². The van der Waals surface area contributed by atoms with Crippen LogP contribution in [0.1, 0.15) is 43.7 Å². The number of rotatable bonds is 2. The SMILES string of the molecule is O=C1NC(C2CC3(CCC3)C2)C(=O)NC1c1csc(Br)c1. The highest BCUT2D eigenvalue weighted by molar-refractivity contribution is 9.11. The summed E-state index contributed by atoms with van der Waals surface area (Å²) in [7, 11) is 0. The van der Waals surface area contributed by atoms with Crippen molar-refractivity contribution in [2.45, 2.75) is 44.2 Å². The molecule has 2 amide bonds. The molecule has 4 rings (SSSR count). The Morgan fingerprint density at radius 1 is 1.19 bits per heavy atom. The van der Waals surface area contributed by atoms with E-state index in [1.165, 1.54) is 30.6 Å². The summed E-state index contributed by atoms with van der Waals surface area (Å²) in [5.74, 6) is 0.213. The molecule has 3 fully saturated rings. The van der Waals surface area contributed by atoms with Gasteiger partial charge in [-0.15, -0.1) is 11.3 Å². The Balaban J connectivity index is 1.44. The zero-order chi connectivity index (χ0) is 14.6. The second-order valence-corrected chi connectivity index (χ2v) is 8.92. The lowest BCUT2D eigenvalue weighted by atomic mass is 9.50. The van der Waals surface area contributed by atoms with Crippen LogP contribution in [0.4, 0.5) is 0 Å². The Morgan fingerprint density at radius 3 is 2.52 bits per heavy atom. The van der Waals surface area contributed by atoms with E-state index in [1.807, 2.05) is 11.4 Å². The van der Waals surface area contributed by atoms with Crippen molar-refractivity contribution >= 4 is 39.1 Å². The quantitative estimate of drug-likeness (QED) is 0.842. The van der Waals surface area contributed by atoms with Crippen LogP contribution in [0.15, 0.2) is 15.2 Å². The third-order valence-electron chi connectivity index (χ3n) is 5.33. The zero-order valence-corrected chi connectivity index (χ0v) is 13.9. The lowest BCUT2D eigenvalue weighted by Crippen LogP contribution is -2.63. The molecule has 3 aliphatic rings. The van der Waals surface area contributed by atoms with Crippen molar-refractivity contribution in [3.63, 3.8) is 0 Å². The third-order valence-corrected chi connectivity index (χ3v) is 6.85. The van der Waals surface area contributed by atoms with Gasteiger partial charge in [0, 0.05) is 0 Å². The van der Waals surface area contributed by atoms with Gasteiger partial charge in [0.2, 0.25) is 11.8 Å². The number of hydrogen-bond donors (Lipinski definition) is 2. The van der Waals surface area contributed by atoms with Gasteiger partial charge >= 0.3 is 0 Å². The first-order valence-electron chi connectivity index (χ1n) is 7.41. The van der Waals surface area contributed by atoms with Gasteiger partial charge in [0.05, 0.1) is 3.79 Å². The fourth-order valence-corrected chi connectivity index (χ4v) is 5.22. The highest BCUT2D eigenvalue weighted by Gasteiger charge is 2.53. The molecule has 2 atom stereocenters. The Bertz CT molecular complexity index is 603. The third kappa shape index (κ3) is 2.23. The summed E-state index contributed by atoms with van der Waals surface area (Å²) in [5.41, 5.74) is 1.37. The van der Waals surface area contributed by atoms with Crippen LogP contribution in [-0.4, -0.2) is 17.9 Å². The molecule has 4 nitrogen and oxygen atoms in total. The van der Waals surface area contributed by atoms with Crippen molar-refractivity contribution in [1.29, 1.82) is 0 Å². The highest BCUT2D eigenvalue weighted by atomic mass is 79.9. The van der Waals surface area contributed by atoms with Crippen LogP contribution in [0.5, 0.6) is 0 Å². The number of carbonyl (C=O) groups excluding carboxylic acids is 2. The first kappa shape index (κ1) is 13.8. The molecule has 1 aliphatic heterocycles. The number of piperazine rings is 1. The van der Waals surface area contributed by atoms with Gasteiger partial charge in [-0.2, -0.15) is 0 Å². The summed E-state index contributed by atoms with van der Waals surface area (Å²) in [4.78, 5) is 24.7. The molecular weight excluding hydrogens is 352 g/mol. The average Bonchev–Trinajstić information content (AvgIpc) is 2.76. The molecule has 2 heterocycles. The van der Waals surface area contributed by atoms with E-state index in [0.717, 1.165) is 22.2 Å². The Morgan fingerprint density at radius 2 is 1.95 bits per heavy atom. The monoisotopic (exact) mass is 368 g/mol. The summed E-state index contributed by atoms with van der Waals surface area (Å²) in [6.45, 7) is 0. The van der Waals surface area contributed by atoms with E-state index in [1.54, 1.807) is 0 Å². The molecule has 1 spiro atoms. The Hall–Kier alpha value is -0.880. The summed E-state index contributed by atoms with van der Waals surface area (Å²) in [5, 5.41) is 7.75. The van der Waals surface area contributed by atoms with Gasteiger partial charge in [-0.1, -0.05) is 6.42 Å². The maximum absolute atomic E-state index is 12.3. The van der Waals surface area contributed by atoms with Crippen molar-refractivity contribution in [3.05, 3.63) is 20.8 Å². The van der Waals surface area contributed by atoms with Crippen LogP contribution < -0.4 is 10.6 Å². The number of halogens is 1. The van der Waals surface area contributed by atoms with Crippen LogP contribution in [0.2, 0.25) is 0 Å². The molecule has 21 heavy (non-hydrogen) atoms. The summed E-state index contributed by atoms with van der Waals surface area (Å²) < 4.78 is 0.965. The van der Waals surface area contributed by atoms with Crippen molar-refractivity contribution in [3.8, 4) is 0 Å². The van der Waals surface area contributed by atoms with Crippen molar-refractivity contribution in [2.24, 2.45) is 11.3 Å². The zero-order valence-electron chi connectivity index (χ0n) is 11.5. The summed E-state index contributed by atoms with van der Waals surface area (Å²) in [6.07, 6.45) is 6.12. The topological polar surface area (TPSA) is 58.2 Å². The number of hydrogen-bond acceptors (Lipinski definition) is 3. The highest BCUT2D eigenvalue weighted by Crippen LogP contribution is 2.59. The van der Waals surface area contributed by atoms with Crippen molar-refractivity contribution in [1.82, 2.24) is 10.6 Å². The molecule has 112 valence electrons. The van der Waals surface area contributed by atoms with Gasteiger partial charge in [0.1, 0.15) is 12.1 Å². The molecule has 0 aromatic carbocycles. The van der Waals surface area contributed by atoms with Crippen LogP contribution in [-0.2, 0) is 9.59 Å². The van der Waals surface area contributed by atoms with Crippen molar-refractivity contribution < 1.29 is 9.59 Å². The molecule has 2 N–H and O–H groups in total. The number of amides is 2. The summed E-state index contributed by atoms with van der Waals surface area (Å²) >= 11 is 4.91. The average molecular weight is 369 g/mol. The normalized spacial score (nSPS) is 31.3. The van der Waals surface area contributed by atoms with Gasteiger partial charge in [-0.25, -0.2) is 0 Å². The van der Waals surface area contributed by atoms with Gasteiger partial charge in [0.25, 0.3) is 0 Å². The van der Waals surface area contributed by atoms with Crippen LogP contribution in [0.3, 0.4) is 0 Å². The molecule has 6 heteroatoms. The van der Waals surface area contributed by atoms with Crippen LogP contribution >= 0.6 is 27.3 Å². The fourth-order valence-electron chi connectivity index (χ4n) is 4.01. The predicted molar refractivity (Wildman–Crippen MR) is 83.8 cm³/mol. The summed E-state index contributed by atoms with van der Waals surface area (Å²) in [6, 6.07) is 1.01. The molecule has 1 aromatic rings. The Kier molecular flexibility index (Phi) is 3.15. The van der Waals surface area contributed by atoms with E-state index in [0.29, 0.717) is 11.3 Å². The smallest absolute Gasteiger partial charge is 0.247 e. The lowest BCUT2D eigenvalue weighted by molar-refractivity contribution is -0.143. The van der Waals surface area contributed by atoms with Gasteiger partial charge in [-0.05, 0) is 70.0 Å². The fraction of sp³-hybridized carbons (Fsp3) is 0.600. The Labute approximate surface area is 135 Å². The number of nitrogens with one attached hydrogen (secondary N) is 2. The molecule has 1 saturated heterocycles.